The van der Waals surface area contributed by atoms with Gasteiger partial charge in [-0.05, 0) is 53.6 Å². The zero-order valence-electron chi connectivity index (χ0n) is 19.4. The Hall–Kier alpha value is -4.63. The third-order valence-corrected chi connectivity index (χ3v) is 5.40. The van der Waals surface area contributed by atoms with Gasteiger partial charge in [0.25, 0.3) is 5.91 Å². The zero-order valence-corrected chi connectivity index (χ0v) is 19.4. The molecule has 0 atom stereocenters. The van der Waals surface area contributed by atoms with Crippen LogP contribution in [0.15, 0.2) is 90.0 Å². The van der Waals surface area contributed by atoms with E-state index in [1.165, 1.54) is 0 Å². The molecule has 0 saturated carbocycles. The van der Waals surface area contributed by atoms with E-state index in [9.17, 15) is 10.1 Å². The second kappa shape index (κ2) is 11.5. The largest absolute Gasteiger partial charge is 0.494 e. The molecule has 0 aromatic heterocycles. The first-order valence-corrected chi connectivity index (χ1v) is 11.4. The second-order valence-electron chi connectivity index (χ2n) is 7.83. The first-order valence-electron chi connectivity index (χ1n) is 11.4. The summed E-state index contributed by atoms with van der Waals surface area (Å²) in [5, 5.41) is 15.5. The van der Waals surface area contributed by atoms with E-state index in [0.29, 0.717) is 23.5 Å². The average Bonchev–Trinajstić information content (AvgIpc) is 2.91. The Morgan fingerprint density at radius 2 is 1.74 bits per heavy atom. The van der Waals surface area contributed by atoms with E-state index in [1.807, 2.05) is 61.5 Å². The average molecular weight is 464 g/mol. The number of amides is 1. The summed E-state index contributed by atoms with van der Waals surface area (Å²) in [6.45, 7) is 2.91. The number of benzene rings is 4. The van der Waals surface area contributed by atoms with E-state index in [0.717, 1.165) is 34.1 Å². The number of hydrogen-bond donors (Lipinski definition) is 1. The highest BCUT2D eigenvalue weighted by molar-refractivity contribution is 6.03. The predicted octanol–water partition coefficient (Wildman–Crippen LogP) is 5.84. The van der Waals surface area contributed by atoms with Crippen LogP contribution in [0, 0.1) is 11.3 Å². The summed E-state index contributed by atoms with van der Waals surface area (Å²) in [4.78, 5) is 12.6. The smallest absolute Gasteiger partial charge is 0.271 e. The Morgan fingerprint density at radius 3 is 2.54 bits per heavy atom. The fourth-order valence-electron chi connectivity index (χ4n) is 3.59. The molecule has 0 aliphatic heterocycles. The van der Waals surface area contributed by atoms with Crippen molar-refractivity contribution in [1.82, 2.24) is 5.43 Å². The number of nitrogens with one attached hydrogen (secondary N) is 1. The van der Waals surface area contributed by atoms with Gasteiger partial charge in [0.2, 0.25) is 0 Å². The number of hydrazone groups is 1. The molecule has 0 heterocycles. The van der Waals surface area contributed by atoms with Gasteiger partial charge in [0.15, 0.2) is 0 Å². The third-order valence-electron chi connectivity index (χ3n) is 5.40. The summed E-state index contributed by atoms with van der Waals surface area (Å²) in [5.41, 5.74) is 5.17. The normalized spacial score (nSPS) is 10.7. The topological polar surface area (TPSA) is 83.7 Å². The molecule has 0 saturated heterocycles. The number of fused-ring (bicyclic) bond motifs is 1. The first kappa shape index (κ1) is 23.5. The molecule has 0 aliphatic carbocycles. The maximum atomic E-state index is 12.6. The molecule has 0 unspecified atom stereocenters. The first-order chi connectivity index (χ1) is 17.2. The lowest BCUT2D eigenvalue weighted by Gasteiger charge is -2.12. The molecule has 0 fully saturated rings. The SMILES string of the molecule is CCCOc1ccc(C(=O)N/N=C/c2c(OCc3ccccc3C#N)ccc3ccccc23)cc1. The molecule has 4 rings (SSSR count). The highest BCUT2D eigenvalue weighted by Gasteiger charge is 2.10. The van der Waals surface area contributed by atoms with Gasteiger partial charge < -0.3 is 9.47 Å². The second-order valence-corrected chi connectivity index (χ2v) is 7.83. The van der Waals surface area contributed by atoms with Crippen molar-refractivity contribution in [3.63, 3.8) is 0 Å². The van der Waals surface area contributed by atoms with E-state index in [2.05, 4.69) is 16.6 Å². The van der Waals surface area contributed by atoms with Gasteiger partial charge in [-0.15, -0.1) is 0 Å². The van der Waals surface area contributed by atoms with Crippen molar-refractivity contribution in [3.8, 4) is 17.6 Å². The van der Waals surface area contributed by atoms with Crippen molar-refractivity contribution >= 4 is 22.9 Å². The predicted molar refractivity (Wildman–Crippen MR) is 137 cm³/mol. The fraction of sp³-hybridized carbons (Fsp3) is 0.138. The molecule has 4 aromatic rings. The lowest BCUT2D eigenvalue weighted by Crippen LogP contribution is -2.17. The summed E-state index contributed by atoms with van der Waals surface area (Å²) in [7, 11) is 0. The monoisotopic (exact) mass is 463 g/mol. The molecule has 0 spiro atoms. The summed E-state index contributed by atoms with van der Waals surface area (Å²) >= 11 is 0. The van der Waals surface area contributed by atoms with Gasteiger partial charge in [-0.1, -0.05) is 55.5 Å². The van der Waals surface area contributed by atoms with E-state index in [-0.39, 0.29) is 12.5 Å². The number of carbonyl (C=O) groups excluding carboxylic acids is 1. The van der Waals surface area contributed by atoms with Gasteiger partial charge in [-0.2, -0.15) is 10.4 Å². The van der Waals surface area contributed by atoms with Crippen LogP contribution in [0.1, 0.15) is 40.4 Å². The van der Waals surface area contributed by atoms with Crippen molar-refractivity contribution in [3.05, 3.63) is 107 Å². The standard InChI is InChI=1S/C29H25N3O3/c1-2-17-34-25-14-11-22(12-15-25)29(33)32-31-19-27-26-10-6-5-7-21(26)13-16-28(27)35-20-24-9-4-3-8-23(24)18-30/h3-16,19H,2,17,20H2,1H3,(H,32,33)/b31-19+. The summed E-state index contributed by atoms with van der Waals surface area (Å²) < 4.78 is 11.7. The molecule has 1 N–H and O–H groups in total. The third kappa shape index (κ3) is 5.84. The summed E-state index contributed by atoms with van der Waals surface area (Å²) in [6, 6.07) is 28.2. The van der Waals surface area contributed by atoms with Gasteiger partial charge in [-0.3, -0.25) is 4.79 Å². The Balaban J connectivity index is 1.53. The molecule has 174 valence electrons. The van der Waals surface area contributed by atoms with Crippen LogP contribution < -0.4 is 14.9 Å². The highest BCUT2D eigenvalue weighted by atomic mass is 16.5. The lowest BCUT2D eigenvalue weighted by atomic mass is 10.0. The Morgan fingerprint density at radius 1 is 0.971 bits per heavy atom. The van der Waals surface area contributed by atoms with Crippen LogP contribution in [0.5, 0.6) is 11.5 Å². The molecule has 6 nitrogen and oxygen atoms in total. The number of ether oxygens (including phenoxy) is 2. The van der Waals surface area contributed by atoms with Crippen molar-refractivity contribution < 1.29 is 14.3 Å². The number of carbonyl (C=O) groups is 1. The molecular formula is C29H25N3O3. The Bertz CT molecular complexity index is 1390. The van der Waals surface area contributed by atoms with Crippen molar-refractivity contribution in [2.45, 2.75) is 20.0 Å². The minimum Gasteiger partial charge on any atom is -0.494 e. The molecule has 0 aliphatic rings. The molecule has 4 aromatic carbocycles. The van der Waals surface area contributed by atoms with Gasteiger partial charge in [0.05, 0.1) is 24.5 Å². The molecule has 6 heteroatoms. The lowest BCUT2D eigenvalue weighted by molar-refractivity contribution is 0.0955. The number of rotatable bonds is 9. The summed E-state index contributed by atoms with van der Waals surface area (Å²) in [5.74, 6) is 1.00. The Labute approximate surface area is 204 Å². The summed E-state index contributed by atoms with van der Waals surface area (Å²) in [6.07, 6.45) is 2.51. The van der Waals surface area contributed by atoms with Crippen LogP contribution in [-0.4, -0.2) is 18.7 Å². The molecule has 0 bridgehead atoms. The van der Waals surface area contributed by atoms with E-state index < -0.39 is 0 Å². The minimum absolute atomic E-state index is 0.238. The maximum absolute atomic E-state index is 12.6. The number of nitriles is 1. The van der Waals surface area contributed by atoms with Crippen LogP contribution >= 0.6 is 0 Å². The highest BCUT2D eigenvalue weighted by Crippen LogP contribution is 2.27. The van der Waals surface area contributed by atoms with Crippen LogP contribution in [0.25, 0.3) is 10.8 Å². The van der Waals surface area contributed by atoms with E-state index in [4.69, 9.17) is 9.47 Å². The van der Waals surface area contributed by atoms with E-state index >= 15 is 0 Å². The Kier molecular flexibility index (Phi) is 7.72. The quantitative estimate of drug-likeness (QED) is 0.250. The van der Waals surface area contributed by atoms with Crippen LogP contribution in [0.3, 0.4) is 0 Å². The van der Waals surface area contributed by atoms with E-state index in [1.54, 1.807) is 36.5 Å². The van der Waals surface area contributed by atoms with Crippen molar-refractivity contribution in [1.29, 1.82) is 5.26 Å². The van der Waals surface area contributed by atoms with Gasteiger partial charge in [0.1, 0.15) is 18.1 Å². The fourth-order valence-corrected chi connectivity index (χ4v) is 3.59. The van der Waals surface area contributed by atoms with Gasteiger partial charge in [-0.25, -0.2) is 5.43 Å². The van der Waals surface area contributed by atoms with Gasteiger partial charge >= 0.3 is 0 Å². The van der Waals surface area contributed by atoms with Crippen LogP contribution in [0.4, 0.5) is 0 Å². The molecule has 0 radical (unpaired) electrons. The maximum Gasteiger partial charge on any atom is 0.271 e. The number of hydrogen-bond acceptors (Lipinski definition) is 5. The van der Waals surface area contributed by atoms with Gasteiger partial charge in [0, 0.05) is 16.7 Å². The van der Waals surface area contributed by atoms with Crippen molar-refractivity contribution in [2.24, 2.45) is 5.10 Å². The molecule has 35 heavy (non-hydrogen) atoms. The molecule has 1 amide bonds. The minimum atomic E-state index is -0.325. The zero-order chi connectivity index (χ0) is 24.5. The molecular weight excluding hydrogens is 438 g/mol. The van der Waals surface area contributed by atoms with Crippen LogP contribution in [-0.2, 0) is 6.61 Å². The number of nitrogens with zero attached hydrogens (tertiary/aromatic N) is 2. The van der Waals surface area contributed by atoms with Crippen molar-refractivity contribution in [2.75, 3.05) is 6.61 Å². The van der Waals surface area contributed by atoms with Crippen LogP contribution in [0.2, 0.25) is 0 Å².